The third-order valence-corrected chi connectivity index (χ3v) is 4.95. The van der Waals surface area contributed by atoms with Crippen LogP contribution in [0.1, 0.15) is 18.4 Å². The molecule has 28 heavy (non-hydrogen) atoms. The molecule has 0 radical (unpaired) electrons. The first kappa shape index (κ1) is 20.2. The van der Waals surface area contributed by atoms with Crippen LogP contribution in [0.25, 0.3) is 6.08 Å². The maximum absolute atomic E-state index is 12.2. The number of para-hydroxylation sites is 1. The number of halogens is 1. The number of methoxy groups -OCH3 is 1. The first-order valence-electron chi connectivity index (χ1n) is 9.04. The first-order valence-corrected chi connectivity index (χ1v) is 9.83. The van der Waals surface area contributed by atoms with Gasteiger partial charge in [-0.25, -0.2) is 0 Å². The molecule has 7 heteroatoms. The molecule has 2 aromatic carbocycles. The molecule has 0 aromatic heterocycles. The Hall–Kier alpha value is -2.57. The zero-order valence-electron chi connectivity index (χ0n) is 15.6. The van der Waals surface area contributed by atoms with E-state index in [4.69, 9.17) is 28.6 Å². The van der Waals surface area contributed by atoms with Crippen molar-refractivity contribution in [3.63, 3.8) is 0 Å². The SMILES string of the molecule is COc1ccc(C=CC(=O)NC(=S)Nc2cccc(Cl)c2N2CCCC2)cc1. The lowest BCUT2D eigenvalue weighted by Crippen LogP contribution is -2.33. The maximum atomic E-state index is 12.2. The number of benzene rings is 2. The second kappa shape index (κ2) is 9.57. The summed E-state index contributed by atoms with van der Waals surface area (Å²) in [5.74, 6) is 0.459. The molecule has 1 aliphatic heterocycles. The number of nitrogens with zero attached hydrogens (tertiary/aromatic N) is 1. The van der Waals surface area contributed by atoms with Crippen LogP contribution in [-0.4, -0.2) is 31.2 Å². The van der Waals surface area contributed by atoms with Crippen LogP contribution >= 0.6 is 23.8 Å². The molecule has 1 saturated heterocycles. The molecule has 1 aliphatic rings. The summed E-state index contributed by atoms with van der Waals surface area (Å²) >= 11 is 11.7. The Labute approximate surface area is 175 Å². The van der Waals surface area contributed by atoms with Crippen LogP contribution < -0.4 is 20.3 Å². The van der Waals surface area contributed by atoms with Crippen LogP contribution in [0.15, 0.2) is 48.5 Å². The smallest absolute Gasteiger partial charge is 0.250 e. The minimum atomic E-state index is -0.307. The molecule has 0 bridgehead atoms. The van der Waals surface area contributed by atoms with Gasteiger partial charge in [0.1, 0.15) is 5.75 Å². The molecule has 5 nitrogen and oxygen atoms in total. The van der Waals surface area contributed by atoms with E-state index >= 15 is 0 Å². The zero-order chi connectivity index (χ0) is 19.9. The Bertz CT molecular complexity index is 878. The Morgan fingerprint density at radius 1 is 1.18 bits per heavy atom. The number of hydrogen-bond donors (Lipinski definition) is 2. The number of rotatable bonds is 5. The van der Waals surface area contributed by atoms with E-state index < -0.39 is 0 Å². The molecular weight excluding hydrogens is 394 g/mol. The predicted octanol–water partition coefficient (Wildman–Crippen LogP) is 4.48. The van der Waals surface area contributed by atoms with Gasteiger partial charge < -0.3 is 15.0 Å². The molecule has 2 N–H and O–H groups in total. The quantitative estimate of drug-likeness (QED) is 0.557. The van der Waals surface area contributed by atoms with Crippen molar-refractivity contribution in [1.29, 1.82) is 0 Å². The highest BCUT2D eigenvalue weighted by molar-refractivity contribution is 7.80. The normalized spacial score (nSPS) is 13.6. The molecule has 0 spiro atoms. The number of carbonyl (C=O) groups excluding carboxylic acids is 1. The summed E-state index contributed by atoms with van der Waals surface area (Å²) in [6.45, 7) is 1.92. The second-order valence-corrected chi connectivity index (χ2v) is 7.20. The largest absolute Gasteiger partial charge is 0.497 e. The molecule has 0 atom stereocenters. The zero-order valence-corrected chi connectivity index (χ0v) is 17.1. The van der Waals surface area contributed by atoms with Gasteiger partial charge in [-0.3, -0.25) is 10.1 Å². The third-order valence-electron chi connectivity index (χ3n) is 4.44. The van der Waals surface area contributed by atoms with Gasteiger partial charge >= 0.3 is 0 Å². The number of hydrogen-bond acceptors (Lipinski definition) is 4. The molecule has 1 fully saturated rings. The third kappa shape index (κ3) is 5.24. The Morgan fingerprint density at radius 2 is 1.89 bits per heavy atom. The van der Waals surface area contributed by atoms with E-state index in [0.717, 1.165) is 48.6 Å². The Kier molecular flexibility index (Phi) is 6.90. The molecule has 146 valence electrons. The molecule has 0 saturated carbocycles. The highest BCUT2D eigenvalue weighted by atomic mass is 35.5. The van der Waals surface area contributed by atoms with Crippen LogP contribution in [0, 0.1) is 0 Å². The van der Waals surface area contributed by atoms with Crippen LogP contribution in [0.5, 0.6) is 5.75 Å². The predicted molar refractivity (Wildman–Crippen MR) is 119 cm³/mol. The van der Waals surface area contributed by atoms with Crippen molar-refractivity contribution in [2.24, 2.45) is 0 Å². The van der Waals surface area contributed by atoms with Gasteiger partial charge in [0.15, 0.2) is 5.11 Å². The van der Waals surface area contributed by atoms with Gasteiger partial charge in [0.2, 0.25) is 5.91 Å². The van der Waals surface area contributed by atoms with E-state index in [2.05, 4.69) is 15.5 Å². The fraction of sp³-hybridized carbons (Fsp3) is 0.238. The first-order chi connectivity index (χ1) is 13.6. The van der Waals surface area contributed by atoms with Crippen molar-refractivity contribution in [2.45, 2.75) is 12.8 Å². The van der Waals surface area contributed by atoms with Gasteiger partial charge in [-0.2, -0.15) is 0 Å². The summed E-state index contributed by atoms with van der Waals surface area (Å²) in [6.07, 6.45) is 5.44. The number of anilines is 2. The van der Waals surface area contributed by atoms with Gasteiger partial charge in [-0.15, -0.1) is 0 Å². The summed E-state index contributed by atoms with van der Waals surface area (Å²) in [6, 6.07) is 13.0. The summed E-state index contributed by atoms with van der Waals surface area (Å²) in [4.78, 5) is 14.4. The van der Waals surface area contributed by atoms with E-state index in [0.29, 0.717) is 5.02 Å². The van der Waals surface area contributed by atoms with Gasteiger partial charge in [-0.05, 0) is 61.0 Å². The molecular formula is C21H22ClN3O2S. The van der Waals surface area contributed by atoms with E-state index in [1.807, 2.05) is 42.5 Å². The van der Waals surface area contributed by atoms with Gasteiger partial charge in [0, 0.05) is 19.2 Å². The molecule has 2 aromatic rings. The molecule has 1 heterocycles. The van der Waals surface area contributed by atoms with Gasteiger partial charge in [-0.1, -0.05) is 29.8 Å². The fourth-order valence-corrected chi connectivity index (χ4v) is 3.58. The number of nitrogens with one attached hydrogen (secondary N) is 2. The average Bonchev–Trinajstić information content (AvgIpc) is 3.21. The number of amides is 1. The van der Waals surface area contributed by atoms with Crippen LogP contribution in [-0.2, 0) is 4.79 Å². The lowest BCUT2D eigenvalue weighted by Gasteiger charge is -2.23. The van der Waals surface area contributed by atoms with E-state index in [9.17, 15) is 4.79 Å². The van der Waals surface area contributed by atoms with Gasteiger partial charge in [0.05, 0.1) is 23.5 Å². The van der Waals surface area contributed by atoms with Crippen molar-refractivity contribution in [1.82, 2.24) is 5.32 Å². The number of carbonyl (C=O) groups is 1. The topological polar surface area (TPSA) is 53.6 Å². The summed E-state index contributed by atoms with van der Waals surface area (Å²) in [7, 11) is 1.61. The molecule has 3 rings (SSSR count). The van der Waals surface area contributed by atoms with Crippen molar-refractivity contribution in [3.05, 3.63) is 59.1 Å². The van der Waals surface area contributed by atoms with E-state index in [1.165, 1.54) is 6.08 Å². The molecule has 0 aliphatic carbocycles. The maximum Gasteiger partial charge on any atom is 0.250 e. The summed E-state index contributed by atoms with van der Waals surface area (Å²) in [5.41, 5.74) is 2.60. The van der Waals surface area contributed by atoms with Crippen LogP contribution in [0.2, 0.25) is 5.02 Å². The summed E-state index contributed by atoms with van der Waals surface area (Å²) < 4.78 is 5.12. The van der Waals surface area contributed by atoms with E-state index in [1.54, 1.807) is 13.2 Å². The van der Waals surface area contributed by atoms with E-state index in [-0.39, 0.29) is 11.0 Å². The minimum Gasteiger partial charge on any atom is -0.497 e. The number of ether oxygens (including phenoxy) is 1. The van der Waals surface area contributed by atoms with Crippen LogP contribution in [0.4, 0.5) is 11.4 Å². The van der Waals surface area contributed by atoms with Crippen LogP contribution in [0.3, 0.4) is 0 Å². The highest BCUT2D eigenvalue weighted by Gasteiger charge is 2.19. The lowest BCUT2D eigenvalue weighted by molar-refractivity contribution is -0.115. The highest BCUT2D eigenvalue weighted by Crippen LogP contribution is 2.35. The molecule has 1 amide bonds. The lowest BCUT2D eigenvalue weighted by atomic mass is 10.2. The fourth-order valence-electron chi connectivity index (χ4n) is 3.07. The standard InChI is InChI=1S/C21H22ClN3O2S/c1-27-16-10-7-15(8-11-16)9-12-19(26)24-21(28)23-18-6-4-5-17(22)20(18)25-13-2-3-14-25/h4-12H,2-3,13-14H2,1H3,(H2,23,24,26,28). The minimum absolute atomic E-state index is 0.229. The summed E-state index contributed by atoms with van der Waals surface area (Å²) in [5, 5.41) is 6.66. The molecule has 0 unspecified atom stereocenters. The Morgan fingerprint density at radius 3 is 2.57 bits per heavy atom. The number of thiocarbonyl (C=S) groups is 1. The van der Waals surface area contributed by atoms with Gasteiger partial charge in [0.25, 0.3) is 0 Å². The van der Waals surface area contributed by atoms with Crippen molar-refractivity contribution in [3.8, 4) is 5.75 Å². The second-order valence-electron chi connectivity index (χ2n) is 6.38. The Balaban J connectivity index is 1.61. The average molecular weight is 416 g/mol. The van der Waals surface area contributed by atoms with Crippen molar-refractivity contribution < 1.29 is 9.53 Å². The van der Waals surface area contributed by atoms with Crippen molar-refractivity contribution >= 4 is 52.3 Å². The van der Waals surface area contributed by atoms with Crippen molar-refractivity contribution in [2.75, 3.05) is 30.4 Å². The monoisotopic (exact) mass is 415 g/mol.